The standard InChI is InChI=1S/C54H36N2OSi/c1-4-17-39(18-5-1)58(40-19-6-2-7-20-40,41-21-8-3-9-22-41)53-30-16-26-46-42-23-10-14-28-49(42)56(54(46)53)37-32-34-50-47(35-37)43-24-11-13-27-48(43)55(50)38-31-33-45-44-25-12-15-29-51(44)57-52(45)36-38/h1-36H. The molecule has 0 aliphatic carbocycles. The van der Waals surface area contributed by atoms with Gasteiger partial charge in [0.05, 0.1) is 22.1 Å². The SMILES string of the molecule is c1ccc([Si](c2ccccc2)(c2ccccc2)c2cccc3c4ccccc4n(-c4ccc5c(c4)c4ccccc4n5-c4ccc5c(c4)oc4ccccc45)c23)cc1. The smallest absolute Gasteiger partial charge is 0.181 e. The van der Waals surface area contributed by atoms with E-state index in [9.17, 15) is 0 Å². The summed E-state index contributed by atoms with van der Waals surface area (Å²) in [5.74, 6) is 0. The van der Waals surface area contributed by atoms with Gasteiger partial charge in [0.15, 0.2) is 8.07 Å². The van der Waals surface area contributed by atoms with Gasteiger partial charge in [0.25, 0.3) is 0 Å². The molecule has 58 heavy (non-hydrogen) atoms. The summed E-state index contributed by atoms with van der Waals surface area (Å²) in [5, 5.41) is 12.6. The maximum absolute atomic E-state index is 6.39. The molecule has 3 aromatic heterocycles. The first-order valence-corrected chi connectivity index (χ1v) is 21.9. The molecule has 0 fully saturated rings. The molecule has 0 amide bonds. The lowest BCUT2D eigenvalue weighted by atomic mass is 10.1. The third-order valence-corrected chi connectivity index (χ3v) is 17.1. The van der Waals surface area contributed by atoms with Crippen molar-refractivity contribution in [1.29, 1.82) is 0 Å². The molecule has 0 aliphatic heterocycles. The molecule has 0 spiro atoms. The van der Waals surface area contributed by atoms with Crippen molar-refractivity contribution in [2.75, 3.05) is 0 Å². The van der Waals surface area contributed by atoms with E-state index in [1.54, 1.807) is 0 Å². The largest absolute Gasteiger partial charge is 0.456 e. The van der Waals surface area contributed by atoms with Crippen LogP contribution in [0, 0.1) is 0 Å². The Morgan fingerprint density at radius 3 is 1.47 bits per heavy atom. The number of fused-ring (bicyclic) bond motifs is 9. The van der Waals surface area contributed by atoms with Gasteiger partial charge < -0.3 is 13.6 Å². The average Bonchev–Trinajstić information content (AvgIpc) is 3.95. The quantitative estimate of drug-likeness (QED) is 0.122. The van der Waals surface area contributed by atoms with Crippen LogP contribution in [0.3, 0.4) is 0 Å². The fraction of sp³-hybridized carbons (Fsp3) is 0. The fourth-order valence-electron chi connectivity index (χ4n) is 9.85. The molecule has 0 bridgehead atoms. The predicted octanol–water partition coefficient (Wildman–Crippen LogP) is 11.2. The van der Waals surface area contributed by atoms with Crippen LogP contribution < -0.4 is 20.7 Å². The van der Waals surface area contributed by atoms with E-state index in [-0.39, 0.29) is 0 Å². The molecule has 3 heterocycles. The predicted molar refractivity (Wildman–Crippen MR) is 246 cm³/mol. The Balaban J connectivity index is 1.17. The lowest BCUT2D eigenvalue weighted by molar-refractivity contribution is 0.668. The highest BCUT2D eigenvalue weighted by molar-refractivity contribution is 7.20. The Morgan fingerprint density at radius 1 is 0.310 bits per heavy atom. The molecule has 12 rings (SSSR count). The van der Waals surface area contributed by atoms with Crippen LogP contribution in [0.15, 0.2) is 223 Å². The van der Waals surface area contributed by atoms with Crippen molar-refractivity contribution in [3.05, 3.63) is 218 Å². The van der Waals surface area contributed by atoms with Crippen LogP contribution >= 0.6 is 0 Å². The highest BCUT2D eigenvalue weighted by Crippen LogP contribution is 2.38. The molecule has 0 N–H and O–H groups in total. The Labute approximate surface area is 336 Å². The highest BCUT2D eigenvalue weighted by atomic mass is 28.3. The van der Waals surface area contributed by atoms with Gasteiger partial charge in [-0.1, -0.05) is 164 Å². The van der Waals surface area contributed by atoms with Crippen LogP contribution in [0.5, 0.6) is 0 Å². The number of hydrogen-bond donors (Lipinski definition) is 0. The van der Waals surface area contributed by atoms with Gasteiger partial charge in [-0.3, -0.25) is 0 Å². The lowest BCUT2D eigenvalue weighted by Crippen LogP contribution is -2.75. The monoisotopic (exact) mass is 756 g/mol. The van der Waals surface area contributed by atoms with Gasteiger partial charge in [0.2, 0.25) is 0 Å². The van der Waals surface area contributed by atoms with E-state index < -0.39 is 8.07 Å². The maximum Gasteiger partial charge on any atom is 0.181 e. The molecule has 0 saturated carbocycles. The van der Waals surface area contributed by atoms with Crippen molar-refractivity contribution < 1.29 is 4.42 Å². The van der Waals surface area contributed by atoms with Gasteiger partial charge in [0.1, 0.15) is 11.2 Å². The molecule has 0 saturated heterocycles. The van der Waals surface area contributed by atoms with E-state index in [1.165, 1.54) is 53.3 Å². The van der Waals surface area contributed by atoms with Crippen molar-refractivity contribution in [3.8, 4) is 11.4 Å². The molecule has 272 valence electrons. The molecular formula is C54H36N2OSi. The minimum Gasteiger partial charge on any atom is -0.456 e. The second-order valence-electron chi connectivity index (χ2n) is 15.2. The van der Waals surface area contributed by atoms with Gasteiger partial charge in [-0.25, -0.2) is 0 Å². The van der Waals surface area contributed by atoms with E-state index in [2.05, 4.69) is 215 Å². The van der Waals surface area contributed by atoms with Crippen molar-refractivity contribution in [2.45, 2.75) is 0 Å². The number of benzene rings is 9. The summed E-state index contributed by atoms with van der Waals surface area (Å²) in [5.41, 5.74) is 8.78. The normalized spacial score (nSPS) is 12.1. The minimum atomic E-state index is -2.90. The number of nitrogens with zero attached hydrogens (tertiary/aromatic N) is 2. The Morgan fingerprint density at radius 2 is 0.793 bits per heavy atom. The zero-order valence-electron chi connectivity index (χ0n) is 31.6. The van der Waals surface area contributed by atoms with Gasteiger partial charge in [0, 0.05) is 49.8 Å². The van der Waals surface area contributed by atoms with Gasteiger partial charge in [-0.15, -0.1) is 0 Å². The van der Waals surface area contributed by atoms with Crippen molar-refractivity contribution in [2.24, 2.45) is 0 Å². The Hall–Kier alpha value is -7.40. The molecule has 9 aromatic carbocycles. The summed E-state index contributed by atoms with van der Waals surface area (Å²) in [4.78, 5) is 0. The molecular weight excluding hydrogens is 721 g/mol. The Kier molecular flexibility index (Phi) is 7.25. The van der Waals surface area contributed by atoms with Gasteiger partial charge in [-0.2, -0.15) is 0 Å². The zero-order valence-corrected chi connectivity index (χ0v) is 32.6. The highest BCUT2D eigenvalue weighted by Gasteiger charge is 2.43. The van der Waals surface area contributed by atoms with Crippen LogP contribution in [-0.4, -0.2) is 17.2 Å². The number of rotatable bonds is 6. The first kappa shape index (κ1) is 32.8. The molecule has 12 aromatic rings. The summed E-state index contributed by atoms with van der Waals surface area (Å²) in [6, 6.07) is 80.4. The number of furan rings is 1. The second kappa shape index (κ2) is 12.8. The van der Waals surface area contributed by atoms with Crippen molar-refractivity contribution in [3.63, 3.8) is 0 Å². The van der Waals surface area contributed by atoms with E-state index in [1.807, 2.05) is 12.1 Å². The summed E-state index contributed by atoms with van der Waals surface area (Å²) < 4.78 is 11.3. The molecule has 0 atom stereocenters. The number of aromatic nitrogens is 2. The third kappa shape index (κ3) is 4.67. The van der Waals surface area contributed by atoms with E-state index in [4.69, 9.17) is 4.42 Å². The molecule has 0 aliphatic rings. The summed E-state index contributed by atoms with van der Waals surface area (Å²) in [6.07, 6.45) is 0. The number of hydrogen-bond acceptors (Lipinski definition) is 1. The molecule has 4 heteroatoms. The molecule has 0 unspecified atom stereocenters. The first-order chi connectivity index (χ1) is 28.8. The number of para-hydroxylation sites is 4. The maximum atomic E-state index is 6.39. The fourth-order valence-corrected chi connectivity index (χ4v) is 14.8. The average molecular weight is 757 g/mol. The Bertz CT molecular complexity index is 3410. The first-order valence-electron chi connectivity index (χ1n) is 19.9. The van der Waals surface area contributed by atoms with Gasteiger partial charge >= 0.3 is 0 Å². The van der Waals surface area contributed by atoms with E-state index >= 15 is 0 Å². The minimum absolute atomic E-state index is 0.891. The summed E-state index contributed by atoms with van der Waals surface area (Å²) >= 11 is 0. The van der Waals surface area contributed by atoms with Crippen LogP contribution in [0.2, 0.25) is 0 Å². The zero-order chi connectivity index (χ0) is 38.2. The third-order valence-electron chi connectivity index (χ3n) is 12.3. The van der Waals surface area contributed by atoms with Crippen molar-refractivity contribution >= 4 is 94.4 Å². The summed E-state index contributed by atoms with van der Waals surface area (Å²) in [7, 11) is -2.90. The summed E-state index contributed by atoms with van der Waals surface area (Å²) in [6.45, 7) is 0. The van der Waals surface area contributed by atoms with Crippen LogP contribution in [-0.2, 0) is 0 Å². The van der Waals surface area contributed by atoms with Crippen LogP contribution in [0.1, 0.15) is 0 Å². The van der Waals surface area contributed by atoms with E-state index in [0.717, 1.165) is 44.3 Å². The van der Waals surface area contributed by atoms with Gasteiger partial charge in [-0.05, 0) is 69.3 Å². The van der Waals surface area contributed by atoms with Crippen LogP contribution in [0.4, 0.5) is 0 Å². The van der Waals surface area contributed by atoms with E-state index in [0.29, 0.717) is 0 Å². The van der Waals surface area contributed by atoms with Crippen molar-refractivity contribution in [1.82, 2.24) is 9.13 Å². The molecule has 0 radical (unpaired) electrons. The molecule has 3 nitrogen and oxygen atoms in total. The van der Waals surface area contributed by atoms with Crippen LogP contribution in [0.25, 0.3) is 76.9 Å². The second-order valence-corrected chi connectivity index (χ2v) is 19.0. The lowest BCUT2D eigenvalue weighted by Gasteiger charge is -2.35. The topological polar surface area (TPSA) is 23.0 Å².